The van der Waals surface area contributed by atoms with E-state index in [1.54, 1.807) is 39.8 Å². The quantitative estimate of drug-likeness (QED) is 0.0472. The number of carbonyl (C=O) groups excluding carboxylic acids is 4. The topological polar surface area (TPSA) is 419 Å². The molecule has 1 saturated carbocycles. The fourth-order valence-electron chi connectivity index (χ4n) is 8.17. The van der Waals surface area contributed by atoms with Crippen LogP contribution < -0.4 is 10.6 Å². The van der Waals surface area contributed by atoms with Crippen molar-refractivity contribution in [2.24, 2.45) is 105 Å². The van der Waals surface area contributed by atoms with Gasteiger partial charge in [-0.3, -0.25) is 9.59 Å². The minimum atomic E-state index is -4.65. The van der Waals surface area contributed by atoms with Crippen LogP contribution in [0.4, 0.5) is 10.5 Å². The molecule has 5 atom stereocenters. The molecule has 2 heterocycles. The number of hydrogen-bond donors (Lipinski definition) is 3. The van der Waals surface area contributed by atoms with Crippen molar-refractivity contribution in [2.45, 2.75) is 87.1 Å². The van der Waals surface area contributed by atoms with Gasteiger partial charge >= 0.3 is 12.1 Å². The molecular weight excluding hydrogens is 1030 g/mol. The summed E-state index contributed by atoms with van der Waals surface area (Å²) in [5, 5.41) is 65.0. The number of methoxy groups -OCH3 is 1. The van der Waals surface area contributed by atoms with Gasteiger partial charge in [0.15, 0.2) is 0 Å². The molecule has 1 aliphatic carbocycles. The van der Waals surface area contributed by atoms with Crippen molar-refractivity contribution in [3.05, 3.63) is 96.6 Å². The summed E-state index contributed by atoms with van der Waals surface area (Å²) in [5.74, 6) is -2.65. The molecule has 34 heteroatoms. The number of fused-ring (bicyclic) bond motifs is 2. The zero-order chi connectivity index (χ0) is 55.3. The Balaban J connectivity index is 1.31. The predicted molar refractivity (Wildman–Crippen MR) is 262 cm³/mol. The lowest BCUT2D eigenvalue weighted by Gasteiger charge is -2.33. The van der Waals surface area contributed by atoms with Crippen LogP contribution in [0.1, 0.15) is 58.9 Å². The lowest BCUT2D eigenvalue weighted by molar-refractivity contribution is -0.150. The van der Waals surface area contributed by atoms with E-state index in [2.05, 4.69) is 110 Å². The number of alkyl carbamates (subject to hydrolysis) is 1. The largest absolute Gasteiger partial charge is 0.464 e. The summed E-state index contributed by atoms with van der Waals surface area (Å²) >= 11 is 0. The van der Waals surface area contributed by atoms with Crippen molar-refractivity contribution >= 4 is 39.6 Å². The van der Waals surface area contributed by atoms with Gasteiger partial charge in [-0.2, -0.15) is 9.84 Å². The summed E-state index contributed by atoms with van der Waals surface area (Å²) in [4.78, 5) is 58.5. The maximum atomic E-state index is 15.4. The average molecular weight is 1080 g/mol. The molecule has 33 nitrogen and oxygen atoms in total. The number of allylic oxidation sites excluding steroid dienone is 1. The Hall–Kier alpha value is -9.05. The van der Waals surface area contributed by atoms with Gasteiger partial charge in [0.1, 0.15) is 39.4 Å². The highest BCUT2D eigenvalue weighted by Crippen LogP contribution is 2.47. The van der Waals surface area contributed by atoms with Crippen LogP contribution in [0.3, 0.4) is 0 Å². The van der Waals surface area contributed by atoms with Crippen molar-refractivity contribution in [1.29, 1.82) is 5.53 Å². The lowest BCUT2D eigenvalue weighted by atomic mass is 9.89. The Morgan fingerprint density at radius 3 is 1.94 bits per heavy atom. The summed E-state index contributed by atoms with van der Waals surface area (Å²) in [6.45, 7) is 5.47. The third kappa shape index (κ3) is 15.5. The van der Waals surface area contributed by atoms with E-state index in [1.807, 2.05) is 54.6 Å². The first kappa shape index (κ1) is 57.2. The second kappa shape index (κ2) is 26.9. The van der Waals surface area contributed by atoms with E-state index in [0.29, 0.717) is 12.0 Å². The molecule has 1 saturated heterocycles. The van der Waals surface area contributed by atoms with E-state index >= 15 is 4.79 Å². The fraction of sp³-hybridized carbons (Fsp3) is 0.442. The Morgan fingerprint density at radius 2 is 1.35 bits per heavy atom. The fourth-order valence-corrected chi connectivity index (χ4v) is 9.79. The van der Waals surface area contributed by atoms with Gasteiger partial charge in [-0.15, -0.1) is 5.11 Å². The zero-order valence-electron chi connectivity index (χ0n) is 42.0. The van der Waals surface area contributed by atoms with Gasteiger partial charge in [0, 0.05) is 43.0 Å². The molecule has 6 rings (SSSR count). The minimum Gasteiger partial charge on any atom is -0.464 e. The van der Waals surface area contributed by atoms with Crippen molar-refractivity contribution in [1.82, 2.24) is 19.8 Å². The predicted octanol–water partition coefficient (Wildman–Crippen LogP) is 9.14. The number of sulfonamides is 1. The van der Waals surface area contributed by atoms with Crippen LogP contribution in [0.2, 0.25) is 0 Å². The maximum absolute atomic E-state index is 15.4. The summed E-state index contributed by atoms with van der Waals surface area (Å²) in [5.41, 5.74) is 4.86. The van der Waals surface area contributed by atoms with E-state index < -0.39 is 75.2 Å². The van der Waals surface area contributed by atoms with Gasteiger partial charge in [0.25, 0.3) is 0 Å². The summed E-state index contributed by atoms with van der Waals surface area (Å²) in [6, 6.07) is 19.7. The number of ether oxygens (including phenoxy) is 3. The molecule has 0 spiro atoms. The van der Waals surface area contributed by atoms with Crippen molar-refractivity contribution in [3.8, 4) is 11.1 Å². The molecule has 2 aliphatic heterocycles. The molecule has 0 aromatic heterocycles. The van der Waals surface area contributed by atoms with Crippen LogP contribution in [0.25, 0.3) is 11.1 Å². The normalized spacial score (nSPS) is 23.6. The Labute approximate surface area is 438 Å². The highest BCUT2D eigenvalue weighted by Gasteiger charge is 2.63. The monoisotopic (exact) mass is 1080 g/mol. The molecule has 3 aliphatic rings. The van der Waals surface area contributed by atoms with Crippen LogP contribution in [-0.4, -0.2) is 98.1 Å². The zero-order valence-corrected chi connectivity index (χ0v) is 42.8. The number of hydrogen-bond acceptors (Lipinski definition) is 11. The molecule has 77 heavy (non-hydrogen) atoms. The smallest absolute Gasteiger partial charge is 0.408 e. The second-order valence-corrected chi connectivity index (χ2v) is 19.5. The number of benzene rings is 3. The molecule has 3 aromatic carbocycles. The highest BCUT2D eigenvalue weighted by molar-refractivity contribution is 7.89. The SMILES string of the molecule is CCOC(=O)[C@@]12C[C@H]1/C=C\CCCN(S(=O)(=O)c1ccccc1N=N/N=N/N=N/N=N/N=N/N=N/N=N/N=N/N=N/N=N)C[C@H](NC(=O)OC(C)(C)C)C(=O)N1C[C@](OC)(c3ccc(-c4ccccc4)cc3)C[C@H]1C(=O)N2. The number of carbonyl (C=O) groups is 4. The molecule has 0 radical (unpaired) electrons. The van der Waals surface area contributed by atoms with Gasteiger partial charge in [0.05, 0.1) is 13.2 Å². The summed E-state index contributed by atoms with van der Waals surface area (Å²) < 4.78 is 48.3. The lowest BCUT2D eigenvalue weighted by Crippen LogP contribution is -2.59. The van der Waals surface area contributed by atoms with Crippen LogP contribution in [-0.2, 0) is 44.2 Å². The Morgan fingerprint density at radius 1 is 0.779 bits per heavy atom. The van der Waals surface area contributed by atoms with Gasteiger partial charge < -0.3 is 29.7 Å². The first-order valence-electron chi connectivity index (χ1n) is 23.3. The van der Waals surface area contributed by atoms with Crippen LogP contribution in [0, 0.1) is 11.4 Å². The molecule has 404 valence electrons. The Bertz CT molecular complexity index is 3000. The number of esters is 1. The first-order chi connectivity index (χ1) is 37.1. The van der Waals surface area contributed by atoms with Gasteiger partial charge in [-0.25, -0.2) is 18.0 Å². The summed E-state index contributed by atoms with van der Waals surface area (Å²) in [6.07, 6.45) is 3.13. The molecule has 3 aromatic rings. The van der Waals surface area contributed by atoms with Gasteiger partial charge in [-0.05, 0) is 159 Å². The molecule has 3 amide bonds. The summed E-state index contributed by atoms with van der Waals surface area (Å²) in [7, 11) is -3.19. The van der Waals surface area contributed by atoms with Crippen LogP contribution in [0.15, 0.2) is 195 Å². The first-order valence-corrected chi connectivity index (χ1v) is 24.7. The highest BCUT2D eigenvalue weighted by atomic mass is 32.2. The number of amides is 3. The van der Waals surface area contributed by atoms with Crippen LogP contribution >= 0.6 is 0 Å². The molecule has 2 fully saturated rings. The third-order valence-electron chi connectivity index (χ3n) is 11.7. The van der Waals surface area contributed by atoms with E-state index in [-0.39, 0.29) is 49.5 Å². The maximum Gasteiger partial charge on any atom is 0.408 e. The van der Waals surface area contributed by atoms with E-state index in [4.69, 9.17) is 19.7 Å². The molecular formula is C43H52N24O9S. The van der Waals surface area contributed by atoms with Crippen molar-refractivity contribution < 1.29 is 41.8 Å². The Kier molecular flexibility index (Phi) is 20.0. The number of nitrogens with zero attached hydrogens (tertiary/aromatic N) is 21. The van der Waals surface area contributed by atoms with Gasteiger partial charge in [-0.1, -0.05) is 78.9 Å². The van der Waals surface area contributed by atoms with Crippen molar-refractivity contribution in [2.75, 3.05) is 33.4 Å². The number of nitrogens with one attached hydrogen (secondary N) is 3. The second-order valence-electron chi connectivity index (χ2n) is 17.6. The van der Waals surface area contributed by atoms with Crippen LogP contribution in [0.5, 0.6) is 0 Å². The third-order valence-corrected chi connectivity index (χ3v) is 13.6. The van der Waals surface area contributed by atoms with E-state index in [9.17, 15) is 22.8 Å². The van der Waals surface area contributed by atoms with Crippen molar-refractivity contribution in [3.63, 3.8) is 0 Å². The minimum absolute atomic E-state index is 0.0476. The molecule has 3 N–H and O–H groups in total. The van der Waals surface area contributed by atoms with E-state index in [0.717, 1.165) is 15.4 Å². The number of rotatable bonds is 18. The average Bonchev–Trinajstić information content (AvgIpc) is 4.04. The van der Waals surface area contributed by atoms with Gasteiger partial charge in [0.2, 0.25) is 21.8 Å². The molecule has 0 unspecified atom stereocenters. The van der Waals surface area contributed by atoms with E-state index in [1.165, 1.54) is 36.3 Å². The molecule has 0 bridgehead atoms. The standard InChI is InChI=1S/C43H52N24O9S/c1-6-75-39(70)43-25-32(43)17-11-8-14-24-66(77(72,73)36-19-13-12-18-33(36)47-49-51-53-55-57-59-61-63-65-64-62-60-58-56-54-52-50-48-44)27-34(45-40(71)76-41(2,3)4)38(69)67-28-42(74-5,26-35(67)37(68)46-43)31-22-20-30(21-23-31)29-15-9-7-10-16-29/h7,9-13,15-23,32,34-35,44H,6,8,14,24-28H2,1-5H3,(H,45,71)(H,46,68)/b17-11-,48-44?,49-47?,52-50+,53-51+,56-54+,57-55+,60-58+,61-59+,64-62+,65-63+/t32-,34+,35+,42+,43-/m1/s1.